The zero-order valence-electron chi connectivity index (χ0n) is 35.8. The Balaban J connectivity index is 0.000000194. The van der Waals surface area contributed by atoms with Crippen molar-refractivity contribution in [3.05, 3.63) is 117 Å². The van der Waals surface area contributed by atoms with Gasteiger partial charge in [-0.1, -0.05) is 7.43 Å². The lowest BCUT2D eigenvalue weighted by atomic mass is 9.95. The molecule has 8 rings (SSSR count). The molecule has 4 aliphatic rings. The van der Waals surface area contributed by atoms with Crippen molar-refractivity contribution < 1.29 is 33.0 Å². The van der Waals surface area contributed by atoms with E-state index in [0.29, 0.717) is 47.3 Å². The number of rotatable bonds is 6. The van der Waals surface area contributed by atoms with Crippen molar-refractivity contribution >= 4 is 34.9 Å². The monoisotopic (exact) mass is 850 g/mol. The van der Waals surface area contributed by atoms with E-state index in [9.17, 15) is 18.4 Å². The molecule has 0 unspecified atom stereocenters. The molecule has 328 valence electrons. The number of carboxylic acids is 1. The predicted molar refractivity (Wildman–Crippen MR) is 236 cm³/mol. The van der Waals surface area contributed by atoms with Gasteiger partial charge in [0, 0.05) is 86.7 Å². The predicted octanol–water partition coefficient (Wildman–Crippen LogP) is 8.46. The molecule has 4 saturated heterocycles. The van der Waals surface area contributed by atoms with Crippen LogP contribution in [0, 0.1) is 76.1 Å². The van der Waals surface area contributed by atoms with Crippen LogP contribution in [0.2, 0.25) is 0 Å². The molecule has 0 bridgehead atoms. The molecule has 4 aromatic rings. The first kappa shape index (κ1) is 46.7. The molecule has 0 saturated carbocycles. The fraction of sp³-hybridized carbons (Fsp3) is 0.447. The van der Waals surface area contributed by atoms with Crippen molar-refractivity contribution in [1.29, 1.82) is 0 Å². The number of nitrogens with one attached hydrogen (secondary N) is 1. The molecule has 0 radical (unpaired) electrons. The van der Waals surface area contributed by atoms with Crippen LogP contribution >= 0.6 is 0 Å². The van der Waals surface area contributed by atoms with Gasteiger partial charge in [-0.05, 0) is 101 Å². The molecular weight excluding hydrogens is 795 g/mol. The fourth-order valence-corrected chi connectivity index (χ4v) is 9.11. The maximum atomic E-state index is 14.4. The van der Waals surface area contributed by atoms with Gasteiger partial charge in [-0.15, -0.1) is 0 Å². The number of carboxylic acid groups (broad SMARTS) is 1. The molecule has 0 aliphatic carbocycles. The highest BCUT2D eigenvalue weighted by molar-refractivity contribution is 5.95. The Morgan fingerprint density at radius 2 is 1.23 bits per heavy atom. The van der Waals surface area contributed by atoms with Crippen molar-refractivity contribution in [2.45, 2.75) is 61.1 Å². The van der Waals surface area contributed by atoms with Crippen LogP contribution in [-0.2, 0) is 0 Å². The van der Waals surface area contributed by atoms with Gasteiger partial charge in [0.1, 0.15) is 34.8 Å². The number of amides is 1. The Hall–Kier alpha value is -6.32. The van der Waals surface area contributed by atoms with Crippen LogP contribution in [0.3, 0.4) is 0 Å². The van der Waals surface area contributed by atoms with Gasteiger partial charge in [0.15, 0.2) is 0 Å². The molecule has 1 amide bonds. The van der Waals surface area contributed by atoms with Crippen molar-refractivity contribution in [3.8, 4) is 11.5 Å². The third-order valence-corrected chi connectivity index (χ3v) is 12.5. The largest absolute Gasteiger partial charge is 0.497 e. The van der Waals surface area contributed by atoms with Gasteiger partial charge >= 0.3 is 5.97 Å². The van der Waals surface area contributed by atoms with Crippen molar-refractivity contribution in [2.75, 3.05) is 63.3 Å². The summed E-state index contributed by atoms with van der Waals surface area (Å²) in [5, 5.41) is 12.0. The molecule has 13 nitrogen and oxygen atoms in total. The summed E-state index contributed by atoms with van der Waals surface area (Å²) in [5.41, 5.74) is 4.64. The minimum atomic E-state index is -1.28. The normalized spacial score (nSPS) is 21.8. The molecule has 4 fully saturated rings. The van der Waals surface area contributed by atoms with E-state index in [2.05, 4.69) is 47.8 Å². The number of benzene rings is 2. The highest BCUT2D eigenvalue weighted by atomic mass is 19.1. The van der Waals surface area contributed by atoms with Crippen LogP contribution in [0.15, 0.2) is 48.5 Å². The van der Waals surface area contributed by atoms with Crippen LogP contribution in [0.4, 0.5) is 31.8 Å². The third-order valence-electron chi connectivity index (χ3n) is 12.5. The van der Waals surface area contributed by atoms with E-state index >= 15 is 0 Å². The van der Waals surface area contributed by atoms with Gasteiger partial charge in [0.2, 0.25) is 11.4 Å². The van der Waals surface area contributed by atoms with Crippen LogP contribution in [0.1, 0.15) is 64.5 Å². The maximum Gasteiger partial charge on any atom is 0.338 e. The lowest BCUT2D eigenvalue weighted by molar-refractivity contribution is 0.0689. The first-order valence-corrected chi connectivity index (χ1v) is 20.2. The van der Waals surface area contributed by atoms with E-state index in [1.165, 1.54) is 32.4 Å². The molecule has 6 heterocycles. The smallest absolute Gasteiger partial charge is 0.338 e. The van der Waals surface area contributed by atoms with Crippen LogP contribution in [0.5, 0.6) is 11.5 Å². The summed E-state index contributed by atoms with van der Waals surface area (Å²) in [6, 6.07) is 12.6. The van der Waals surface area contributed by atoms with E-state index in [1.807, 2.05) is 40.7 Å². The number of ether oxygens (including phenoxy) is 2. The van der Waals surface area contributed by atoms with Gasteiger partial charge in [-0.3, -0.25) is 4.79 Å². The minimum Gasteiger partial charge on any atom is -0.497 e. The number of fused-ring (bicyclic) bond motifs is 2. The fourth-order valence-electron chi connectivity index (χ4n) is 9.11. The van der Waals surface area contributed by atoms with E-state index in [0.717, 1.165) is 90.8 Å². The lowest BCUT2D eigenvalue weighted by Crippen LogP contribution is -2.39. The quantitative estimate of drug-likeness (QED) is 0.183. The number of carbonyl (C=O) groups is 2. The molecule has 15 heteroatoms. The van der Waals surface area contributed by atoms with Crippen molar-refractivity contribution in [1.82, 2.24) is 20.2 Å². The molecule has 62 heavy (non-hydrogen) atoms. The molecule has 4 aliphatic heterocycles. The topological polar surface area (TPSA) is 129 Å². The Kier molecular flexibility index (Phi) is 14.8. The van der Waals surface area contributed by atoms with Crippen LogP contribution < -0.4 is 24.6 Å². The third kappa shape index (κ3) is 9.58. The van der Waals surface area contributed by atoms with E-state index in [1.54, 1.807) is 11.0 Å². The van der Waals surface area contributed by atoms with Gasteiger partial charge < -0.3 is 34.6 Å². The number of aryl methyl sites for hydroxylation is 4. The zero-order valence-corrected chi connectivity index (χ0v) is 35.8. The van der Waals surface area contributed by atoms with E-state index in [-0.39, 0.29) is 30.5 Å². The number of carbonyl (C=O) groups excluding carboxylic acids is 1. The summed E-state index contributed by atoms with van der Waals surface area (Å²) >= 11 is 0. The summed E-state index contributed by atoms with van der Waals surface area (Å²) < 4.78 is 37.0. The number of aromatic nitrogens is 2. The summed E-state index contributed by atoms with van der Waals surface area (Å²) in [5.74, 6) is 1.84. The van der Waals surface area contributed by atoms with Gasteiger partial charge in [0.05, 0.1) is 38.5 Å². The average molecular weight is 851 g/mol. The van der Waals surface area contributed by atoms with E-state index < -0.39 is 17.6 Å². The second-order valence-corrected chi connectivity index (χ2v) is 16.2. The summed E-state index contributed by atoms with van der Waals surface area (Å²) in [6.07, 6.45) is 0. The van der Waals surface area contributed by atoms with E-state index in [4.69, 9.17) is 27.7 Å². The van der Waals surface area contributed by atoms with Crippen LogP contribution in [-0.4, -0.2) is 97.4 Å². The number of methoxy groups -OCH3 is 2. The van der Waals surface area contributed by atoms with Gasteiger partial charge in [0.25, 0.3) is 5.91 Å². The number of anilines is 2. The van der Waals surface area contributed by atoms with Crippen LogP contribution in [0.25, 0.3) is 9.69 Å². The molecular formula is C47H56F2N8O5. The number of aromatic carboxylic acids is 1. The number of likely N-dealkylation sites (tertiary alicyclic amines) is 1. The molecule has 6 atom stereocenters. The molecule has 2 aromatic heterocycles. The first-order valence-electron chi connectivity index (χ1n) is 20.2. The van der Waals surface area contributed by atoms with Crippen molar-refractivity contribution in [2.24, 2.45) is 23.7 Å². The number of nitrogens with zero attached hydrogens (tertiary/aromatic N) is 7. The summed E-state index contributed by atoms with van der Waals surface area (Å²) in [7, 11) is 2.86. The van der Waals surface area contributed by atoms with Crippen molar-refractivity contribution in [3.63, 3.8) is 0 Å². The first-order chi connectivity index (χ1) is 29.1. The number of pyridine rings is 2. The standard InChI is InChI=1S/C23H25FN4O2.C15H20N4.C8H7FO3.CH4/c1-13-8-21(26-14(2)22(13)25-4)27-10-16-11-28(15(3)19(16)12-27)23(29)18-7-6-17(30-5)9-20(18)24;1-9-5-14(18-11(3)15(9)16-4)19-7-12-6-17-10(2)13(12)8-19;1-12-5-2-3-6(8(10)11)7(9)4-5;/h6-9,15-16,19H,10-12H2,1-3,5H3;5,10,12-13,17H,6-8H2,1-3H3;2-4H,1H3,(H,10,11);1H4/t15-,16+,19-;10-,12-,13-;;/m00../s1. The molecule has 2 N–H and O–H groups in total. The highest BCUT2D eigenvalue weighted by Gasteiger charge is 2.47. The lowest BCUT2D eigenvalue weighted by Gasteiger charge is -2.28. The average Bonchev–Trinajstić information content (AvgIpc) is 4.00. The Bertz CT molecular complexity index is 2350. The second kappa shape index (κ2) is 19.6. The number of halogens is 2. The molecule has 2 aromatic carbocycles. The minimum absolute atomic E-state index is 0. The highest BCUT2D eigenvalue weighted by Crippen LogP contribution is 2.40. The van der Waals surface area contributed by atoms with Gasteiger partial charge in [-0.25, -0.2) is 33.2 Å². The summed E-state index contributed by atoms with van der Waals surface area (Å²) in [4.78, 5) is 46.2. The number of hydrogen-bond acceptors (Lipinski definition) is 9. The maximum absolute atomic E-state index is 14.4. The van der Waals surface area contributed by atoms with Gasteiger partial charge in [-0.2, -0.15) is 0 Å². The zero-order chi connectivity index (χ0) is 44.3. The molecule has 0 spiro atoms. The Labute approximate surface area is 363 Å². The Morgan fingerprint density at radius 1 is 0.742 bits per heavy atom. The second-order valence-electron chi connectivity index (χ2n) is 16.2. The summed E-state index contributed by atoms with van der Waals surface area (Å²) in [6.45, 7) is 32.1. The number of hydrogen-bond donors (Lipinski definition) is 2. The Morgan fingerprint density at radius 3 is 1.65 bits per heavy atom. The SMILES string of the molecule is C.COc1ccc(C(=O)O)c(F)c1.[C-]#[N+]c1c(C)cc(N2C[C@@H]3CN(C(=O)c4ccc(OC)cc4F)[C@@H](C)[C@@H]3C2)nc1C.[C-]#[N+]c1c(C)cc(N2C[C@@H]3CN[C@@H](C)[C@@H]3C2)nc1C.